The van der Waals surface area contributed by atoms with Crippen molar-refractivity contribution in [2.75, 3.05) is 25.2 Å². The van der Waals surface area contributed by atoms with Gasteiger partial charge in [-0.1, -0.05) is 25.1 Å². The first-order chi connectivity index (χ1) is 15.7. The fraction of sp³-hybridized carbons (Fsp3) is 0.455. The number of anilines is 1. The number of benzene rings is 1. The van der Waals surface area contributed by atoms with Crippen LogP contribution in [-0.2, 0) is 21.2 Å². The number of carbonyl (C=O) groups is 1. The molecule has 0 atom stereocenters. The Morgan fingerprint density at radius 3 is 2.52 bits per heavy atom. The highest BCUT2D eigenvalue weighted by molar-refractivity contribution is 7.98. The van der Waals surface area contributed by atoms with Crippen LogP contribution in [0.3, 0.4) is 0 Å². The van der Waals surface area contributed by atoms with Crippen LogP contribution in [0.15, 0.2) is 34.3 Å². The highest BCUT2D eigenvalue weighted by Gasteiger charge is 2.20. The fourth-order valence-corrected chi connectivity index (χ4v) is 5.04. The zero-order valence-electron chi connectivity index (χ0n) is 19.6. The van der Waals surface area contributed by atoms with E-state index in [0.29, 0.717) is 29.6 Å². The first-order valence-corrected chi connectivity index (χ1v) is 13.5. The minimum absolute atomic E-state index is 0.159. The molecule has 0 saturated heterocycles. The monoisotopic (exact) mass is 490 g/mol. The second-order valence-electron chi connectivity index (χ2n) is 7.82. The van der Waals surface area contributed by atoms with E-state index in [9.17, 15) is 13.2 Å². The summed E-state index contributed by atoms with van der Waals surface area (Å²) in [7, 11) is -1.95. The second-order valence-corrected chi connectivity index (χ2v) is 10.6. The summed E-state index contributed by atoms with van der Waals surface area (Å²) in [6.07, 6.45) is 4.41. The molecule has 0 fully saturated rings. The molecule has 0 spiro atoms. The molecule has 2 aromatic heterocycles. The largest absolute Gasteiger partial charge is 0.326 e. The number of aryl methyl sites for hydroxylation is 2. The molecule has 3 aromatic rings. The molecule has 178 valence electrons. The van der Waals surface area contributed by atoms with Gasteiger partial charge in [0, 0.05) is 37.1 Å². The van der Waals surface area contributed by atoms with Crippen molar-refractivity contribution in [2.45, 2.75) is 56.5 Å². The lowest BCUT2D eigenvalue weighted by atomic mass is 10.1. The van der Waals surface area contributed by atoms with Gasteiger partial charge in [-0.3, -0.25) is 4.79 Å². The molecule has 9 nitrogen and oxygen atoms in total. The number of nitrogens with one attached hydrogen (secondary N) is 1. The lowest BCUT2D eigenvalue weighted by molar-refractivity contribution is -0.116. The number of hydrogen-bond acceptors (Lipinski definition) is 7. The Labute approximate surface area is 199 Å². The summed E-state index contributed by atoms with van der Waals surface area (Å²) >= 11 is 1.45. The molecule has 1 aromatic carbocycles. The summed E-state index contributed by atoms with van der Waals surface area (Å²) in [5.41, 5.74) is 3.26. The first kappa shape index (κ1) is 25.1. The number of nitrogens with zero attached hydrogens (tertiary/aromatic N) is 5. The van der Waals surface area contributed by atoms with Crippen LogP contribution >= 0.6 is 11.8 Å². The Morgan fingerprint density at radius 2 is 1.88 bits per heavy atom. The summed E-state index contributed by atoms with van der Waals surface area (Å²) < 4.78 is 28.3. The van der Waals surface area contributed by atoms with Crippen molar-refractivity contribution < 1.29 is 13.2 Å². The number of sulfonamides is 1. The van der Waals surface area contributed by atoms with Crippen molar-refractivity contribution in [3.8, 4) is 0 Å². The zero-order chi connectivity index (χ0) is 24.2. The molecule has 11 heteroatoms. The average Bonchev–Trinajstić information content (AvgIpc) is 3.21. The average molecular weight is 491 g/mol. The lowest BCUT2D eigenvalue weighted by Gasteiger charge is -2.17. The van der Waals surface area contributed by atoms with E-state index in [2.05, 4.69) is 20.4 Å². The van der Waals surface area contributed by atoms with E-state index < -0.39 is 10.0 Å². The Bertz CT molecular complexity index is 1240. The molecule has 0 saturated carbocycles. The minimum atomic E-state index is -3.53. The van der Waals surface area contributed by atoms with Gasteiger partial charge in [0.25, 0.3) is 5.78 Å². The Kier molecular flexibility index (Phi) is 8.09. The van der Waals surface area contributed by atoms with Gasteiger partial charge in [0.1, 0.15) is 0 Å². The number of hydrogen-bond donors (Lipinski definition) is 1. The van der Waals surface area contributed by atoms with Crippen molar-refractivity contribution in [3.63, 3.8) is 0 Å². The predicted octanol–water partition coefficient (Wildman–Crippen LogP) is 3.45. The van der Waals surface area contributed by atoms with Crippen LogP contribution in [0.25, 0.3) is 5.78 Å². The Hall–Kier alpha value is -2.50. The third kappa shape index (κ3) is 5.71. The van der Waals surface area contributed by atoms with Gasteiger partial charge in [-0.2, -0.15) is 4.98 Å². The molecule has 1 N–H and O–H groups in total. The van der Waals surface area contributed by atoms with E-state index in [1.54, 1.807) is 23.7 Å². The van der Waals surface area contributed by atoms with Crippen molar-refractivity contribution in [1.29, 1.82) is 0 Å². The van der Waals surface area contributed by atoms with Crippen molar-refractivity contribution in [1.82, 2.24) is 23.9 Å². The number of rotatable bonds is 10. The minimum Gasteiger partial charge on any atom is -0.326 e. The van der Waals surface area contributed by atoms with E-state index in [1.807, 2.05) is 27.0 Å². The predicted molar refractivity (Wildman–Crippen MR) is 130 cm³/mol. The highest BCUT2D eigenvalue weighted by Crippen LogP contribution is 2.20. The van der Waals surface area contributed by atoms with E-state index in [0.717, 1.165) is 29.8 Å². The SMILES string of the molecule is CCCCN(C)S(=O)(=O)c1ccc(NC(=O)CCc2c(C)nc3nc(SC)nn3c2C)cc1. The summed E-state index contributed by atoms with van der Waals surface area (Å²) in [5.74, 6) is 0.394. The third-order valence-corrected chi connectivity index (χ3v) is 7.90. The van der Waals surface area contributed by atoms with Gasteiger partial charge in [-0.15, -0.1) is 5.10 Å². The smallest absolute Gasteiger partial charge is 0.253 e. The summed E-state index contributed by atoms with van der Waals surface area (Å²) in [6.45, 7) is 6.35. The summed E-state index contributed by atoms with van der Waals surface area (Å²) in [5, 5.41) is 7.93. The molecule has 0 aliphatic heterocycles. The van der Waals surface area contributed by atoms with Crippen LogP contribution in [0, 0.1) is 13.8 Å². The number of fused-ring (bicyclic) bond motifs is 1. The molecule has 0 aliphatic rings. The number of aromatic nitrogens is 4. The summed E-state index contributed by atoms with van der Waals surface area (Å²) in [6, 6.07) is 6.27. The number of thioether (sulfide) groups is 1. The van der Waals surface area contributed by atoms with Crippen LogP contribution in [-0.4, -0.2) is 58.1 Å². The number of amides is 1. The van der Waals surface area contributed by atoms with Gasteiger partial charge >= 0.3 is 0 Å². The maximum absolute atomic E-state index is 12.6. The van der Waals surface area contributed by atoms with E-state index in [4.69, 9.17) is 0 Å². The van der Waals surface area contributed by atoms with Gasteiger partial charge in [0.2, 0.25) is 21.1 Å². The van der Waals surface area contributed by atoms with Gasteiger partial charge < -0.3 is 5.32 Å². The van der Waals surface area contributed by atoms with Gasteiger partial charge in [-0.25, -0.2) is 22.2 Å². The Morgan fingerprint density at radius 1 is 1.18 bits per heavy atom. The molecule has 0 unspecified atom stereocenters. The normalized spacial score (nSPS) is 11.9. The van der Waals surface area contributed by atoms with Gasteiger partial charge in [-0.05, 0) is 62.8 Å². The highest BCUT2D eigenvalue weighted by atomic mass is 32.2. The van der Waals surface area contributed by atoms with E-state index in [1.165, 1.54) is 28.2 Å². The molecular weight excluding hydrogens is 460 g/mol. The van der Waals surface area contributed by atoms with Crippen LogP contribution < -0.4 is 5.32 Å². The van der Waals surface area contributed by atoms with Crippen LogP contribution in [0.1, 0.15) is 43.1 Å². The van der Waals surface area contributed by atoms with E-state index >= 15 is 0 Å². The first-order valence-electron chi connectivity index (χ1n) is 10.8. The van der Waals surface area contributed by atoms with Crippen LogP contribution in [0.5, 0.6) is 0 Å². The molecule has 0 aliphatic carbocycles. The standard InChI is InChI=1S/C22H30N6O3S2/c1-6-7-14-27(4)33(30,31)18-10-8-17(9-11-18)24-20(29)13-12-19-15(2)23-21-25-22(32-5)26-28(21)16(19)3/h8-11H,6-7,12-14H2,1-5H3,(H,24,29). The zero-order valence-corrected chi connectivity index (χ0v) is 21.3. The van der Waals surface area contributed by atoms with E-state index in [-0.39, 0.29) is 17.2 Å². The number of carbonyl (C=O) groups excluding carboxylic acids is 1. The third-order valence-electron chi connectivity index (χ3n) is 5.49. The second kappa shape index (κ2) is 10.6. The van der Waals surface area contributed by atoms with Gasteiger partial charge in [0.15, 0.2) is 0 Å². The van der Waals surface area contributed by atoms with Gasteiger partial charge in [0.05, 0.1) is 4.90 Å². The lowest BCUT2D eigenvalue weighted by Crippen LogP contribution is -2.27. The maximum Gasteiger partial charge on any atom is 0.253 e. The van der Waals surface area contributed by atoms with Crippen molar-refractivity contribution in [3.05, 3.63) is 41.2 Å². The maximum atomic E-state index is 12.6. The quantitative estimate of drug-likeness (QED) is 0.433. The molecule has 33 heavy (non-hydrogen) atoms. The van der Waals surface area contributed by atoms with Crippen LogP contribution in [0.2, 0.25) is 0 Å². The molecule has 0 radical (unpaired) electrons. The summed E-state index contributed by atoms with van der Waals surface area (Å²) in [4.78, 5) is 21.6. The Balaban J connectivity index is 1.65. The topological polar surface area (TPSA) is 110 Å². The van der Waals surface area contributed by atoms with Crippen LogP contribution in [0.4, 0.5) is 5.69 Å². The molecule has 3 rings (SSSR count). The molecule has 0 bridgehead atoms. The number of unbranched alkanes of at least 4 members (excludes halogenated alkanes) is 1. The fourth-order valence-electron chi connectivity index (χ4n) is 3.49. The van der Waals surface area contributed by atoms with Crippen molar-refractivity contribution in [2.24, 2.45) is 0 Å². The van der Waals surface area contributed by atoms with Crippen molar-refractivity contribution >= 4 is 39.2 Å². The molecule has 1 amide bonds. The molecule has 2 heterocycles. The molecular formula is C22H30N6O3S2.